The van der Waals surface area contributed by atoms with Gasteiger partial charge in [-0.15, -0.1) is 0 Å². The van der Waals surface area contributed by atoms with Crippen molar-refractivity contribution in [1.29, 1.82) is 0 Å². The van der Waals surface area contributed by atoms with Gasteiger partial charge in [-0.1, -0.05) is 73.7 Å². The zero-order valence-electron chi connectivity index (χ0n) is 18.1. The Kier molecular flexibility index (Phi) is 4.45. The van der Waals surface area contributed by atoms with Crippen molar-refractivity contribution in [3.05, 3.63) is 105 Å². The van der Waals surface area contributed by atoms with E-state index < -0.39 is 6.04 Å². The number of nitrogens with zero attached hydrogens (tertiary/aromatic N) is 2. The third-order valence-electron chi connectivity index (χ3n) is 6.19. The Morgan fingerprint density at radius 1 is 0.939 bits per heavy atom. The number of rotatable bonds is 3. The van der Waals surface area contributed by atoms with Crippen molar-refractivity contribution < 1.29 is 9.21 Å². The molecule has 1 unspecified atom stereocenters. The van der Waals surface area contributed by atoms with Crippen LogP contribution in [0.1, 0.15) is 53.1 Å². The Balaban J connectivity index is 1.61. The van der Waals surface area contributed by atoms with Crippen LogP contribution in [0.5, 0.6) is 0 Å². The Morgan fingerprint density at radius 2 is 1.67 bits per heavy atom. The van der Waals surface area contributed by atoms with E-state index >= 15 is 0 Å². The lowest BCUT2D eigenvalue weighted by molar-refractivity contribution is 0.0971. The highest BCUT2D eigenvalue weighted by Crippen LogP contribution is 2.43. The van der Waals surface area contributed by atoms with E-state index in [4.69, 9.17) is 9.40 Å². The second-order valence-electron chi connectivity index (χ2n) is 8.53. The van der Waals surface area contributed by atoms with E-state index in [1.165, 1.54) is 16.9 Å². The summed E-state index contributed by atoms with van der Waals surface area (Å²) in [4.78, 5) is 33.7. The molecule has 0 radical (unpaired) electrons. The van der Waals surface area contributed by atoms with Crippen molar-refractivity contribution in [2.24, 2.45) is 0 Å². The molecule has 3 aromatic carbocycles. The molecular weight excluding hydrogens is 432 g/mol. The van der Waals surface area contributed by atoms with Gasteiger partial charge in [-0.3, -0.25) is 14.5 Å². The number of benzene rings is 3. The van der Waals surface area contributed by atoms with E-state index in [0.717, 1.165) is 15.8 Å². The fourth-order valence-electron chi connectivity index (χ4n) is 4.46. The minimum absolute atomic E-state index is 0.0934. The Morgan fingerprint density at radius 3 is 2.42 bits per heavy atom. The van der Waals surface area contributed by atoms with Crippen LogP contribution in [0.15, 0.2) is 82.0 Å². The van der Waals surface area contributed by atoms with Gasteiger partial charge < -0.3 is 4.42 Å². The fraction of sp³-hybridized carbons (Fsp3) is 0.148. The van der Waals surface area contributed by atoms with E-state index in [1.54, 1.807) is 29.2 Å². The fourth-order valence-corrected chi connectivity index (χ4v) is 5.45. The molecular formula is C27H20N2O3S. The molecule has 0 N–H and O–H groups in total. The van der Waals surface area contributed by atoms with E-state index in [2.05, 4.69) is 26.0 Å². The number of fused-ring (bicyclic) bond motifs is 3. The highest BCUT2D eigenvalue weighted by Gasteiger charge is 2.45. The number of carbonyl (C=O) groups excluding carboxylic acids is 1. The van der Waals surface area contributed by atoms with Gasteiger partial charge in [0.1, 0.15) is 5.58 Å². The van der Waals surface area contributed by atoms with E-state index in [1.807, 2.05) is 36.4 Å². The summed E-state index contributed by atoms with van der Waals surface area (Å²) in [7, 11) is 0. The van der Waals surface area contributed by atoms with Crippen LogP contribution in [-0.4, -0.2) is 10.9 Å². The Hall–Kier alpha value is -3.77. The lowest BCUT2D eigenvalue weighted by Crippen LogP contribution is -2.29. The summed E-state index contributed by atoms with van der Waals surface area (Å²) >= 11 is 1.44. The molecule has 33 heavy (non-hydrogen) atoms. The first kappa shape index (κ1) is 19.9. The molecule has 2 aromatic heterocycles. The average molecular weight is 453 g/mol. The summed E-state index contributed by atoms with van der Waals surface area (Å²) in [6.45, 7) is 4.27. The summed E-state index contributed by atoms with van der Waals surface area (Å²) in [5, 5.41) is 1.02. The van der Waals surface area contributed by atoms with Crippen LogP contribution in [-0.2, 0) is 0 Å². The second kappa shape index (κ2) is 7.39. The number of aromatic nitrogens is 1. The first-order valence-electron chi connectivity index (χ1n) is 10.9. The van der Waals surface area contributed by atoms with Crippen LogP contribution in [0.4, 0.5) is 5.13 Å². The SMILES string of the molecule is CC(C)c1ccc(C2c3c(oc4ccccc4c3=O)C(=O)N2c2nc3ccccc3s2)cc1. The molecule has 1 amide bonds. The van der Waals surface area contributed by atoms with E-state index in [-0.39, 0.29) is 17.1 Å². The van der Waals surface area contributed by atoms with Gasteiger partial charge in [0.05, 0.1) is 27.2 Å². The molecule has 0 spiro atoms. The molecule has 6 heteroatoms. The predicted molar refractivity (Wildman–Crippen MR) is 131 cm³/mol. The zero-order valence-corrected chi connectivity index (χ0v) is 18.9. The minimum atomic E-state index is -0.602. The molecule has 1 aliphatic rings. The number of hydrogen-bond acceptors (Lipinski definition) is 5. The van der Waals surface area contributed by atoms with E-state index in [0.29, 0.717) is 27.6 Å². The maximum atomic E-state index is 13.7. The third kappa shape index (κ3) is 3.02. The summed E-state index contributed by atoms with van der Waals surface area (Å²) in [5.41, 5.74) is 3.47. The largest absolute Gasteiger partial charge is 0.450 e. The standard InChI is InChI=1S/C27H20N2O3S/c1-15(2)16-11-13-17(14-12-16)23-22-24(30)18-7-3-5-9-20(18)32-25(22)26(31)29(23)27-28-19-8-4-6-10-21(19)33-27/h3-15,23H,1-2H3. The van der Waals surface area contributed by atoms with Crippen LogP contribution in [0, 0.1) is 0 Å². The normalized spacial score (nSPS) is 15.7. The van der Waals surface area contributed by atoms with Crippen molar-refractivity contribution in [1.82, 2.24) is 4.98 Å². The zero-order chi connectivity index (χ0) is 22.7. The molecule has 5 nitrogen and oxygen atoms in total. The summed E-state index contributed by atoms with van der Waals surface area (Å²) in [6.07, 6.45) is 0. The second-order valence-corrected chi connectivity index (χ2v) is 9.54. The lowest BCUT2D eigenvalue weighted by atomic mass is 9.95. The van der Waals surface area contributed by atoms with Crippen LogP contribution in [0.25, 0.3) is 21.2 Å². The molecule has 3 heterocycles. The topological polar surface area (TPSA) is 63.4 Å². The molecule has 1 aliphatic heterocycles. The molecule has 5 aromatic rings. The monoisotopic (exact) mass is 452 g/mol. The van der Waals surface area contributed by atoms with Gasteiger partial charge in [0.15, 0.2) is 10.6 Å². The molecule has 1 atom stereocenters. The van der Waals surface area contributed by atoms with Crippen molar-refractivity contribution >= 4 is 43.6 Å². The Labute approximate surface area is 193 Å². The van der Waals surface area contributed by atoms with Gasteiger partial charge in [-0.25, -0.2) is 4.98 Å². The van der Waals surface area contributed by atoms with Crippen LogP contribution in [0.3, 0.4) is 0 Å². The number of para-hydroxylation sites is 2. The van der Waals surface area contributed by atoms with Crippen molar-refractivity contribution in [2.45, 2.75) is 25.8 Å². The maximum Gasteiger partial charge on any atom is 0.297 e. The number of hydrogen-bond donors (Lipinski definition) is 0. The molecule has 0 saturated heterocycles. The number of thiazole rings is 1. The van der Waals surface area contributed by atoms with Gasteiger partial charge >= 0.3 is 0 Å². The number of carbonyl (C=O) groups is 1. The summed E-state index contributed by atoms with van der Waals surface area (Å²) < 4.78 is 7.00. The van der Waals surface area contributed by atoms with Crippen molar-refractivity contribution in [3.8, 4) is 0 Å². The maximum absolute atomic E-state index is 13.7. The van der Waals surface area contributed by atoms with Gasteiger partial charge in [0.2, 0.25) is 5.76 Å². The molecule has 0 aliphatic carbocycles. The molecule has 162 valence electrons. The molecule has 6 rings (SSSR count). The highest BCUT2D eigenvalue weighted by atomic mass is 32.1. The molecule has 0 fully saturated rings. The van der Waals surface area contributed by atoms with Gasteiger partial charge in [0, 0.05) is 0 Å². The molecule has 0 saturated carbocycles. The van der Waals surface area contributed by atoms with Crippen molar-refractivity contribution in [3.63, 3.8) is 0 Å². The number of anilines is 1. The summed E-state index contributed by atoms with van der Waals surface area (Å²) in [5.74, 6) is 0.131. The third-order valence-corrected chi connectivity index (χ3v) is 7.22. The Bertz CT molecular complexity index is 1560. The average Bonchev–Trinajstić information content (AvgIpc) is 3.38. The highest BCUT2D eigenvalue weighted by molar-refractivity contribution is 7.22. The predicted octanol–water partition coefficient (Wildman–Crippen LogP) is 6.28. The summed E-state index contributed by atoms with van der Waals surface area (Å²) in [6, 6.07) is 22.3. The van der Waals surface area contributed by atoms with Crippen LogP contribution >= 0.6 is 11.3 Å². The molecule has 0 bridgehead atoms. The van der Waals surface area contributed by atoms with E-state index in [9.17, 15) is 9.59 Å². The quantitative estimate of drug-likeness (QED) is 0.323. The van der Waals surface area contributed by atoms with Crippen LogP contribution < -0.4 is 10.3 Å². The first-order valence-corrected chi connectivity index (χ1v) is 11.7. The van der Waals surface area contributed by atoms with Crippen LogP contribution in [0.2, 0.25) is 0 Å². The lowest BCUT2D eigenvalue weighted by Gasteiger charge is -2.23. The van der Waals surface area contributed by atoms with Gasteiger partial charge in [-0.05, 0) is 41.3 Å². The number of amides is 1. The van der Waals surface area contributed by atoms with Gasteiger partial charge in [-0.2, -0.15) is 0 Å². The first-order chi connectivity index (χ1) is 16.0. The minimum Gasteiger partial charge on any atom is -0.450 e. The smallest absolute Gasteiger partial charge is 0.297 e. The van der Waals surface area contributed by atoms with Gasteiger partial charge in [0.25, 0.3) is 5.91 Å². The van der Waals surface area contributed by atoms with Crippen molar-refractivity contribution in [2.75, 3.05) is 4.90 Å².